The molecule has 0 fully saturated rings. The average Bonchev–Trinajstić information content (AvgIpc) is 3.27. The number of ether oxygens (including phenoxy) is 1. The molecule has 4 rings (SSSR count). The van der Waals surface area contributed by atoms with Gasteiger partial charge in [0.1, 0.15) is 0 Å². The summed E-state index contributed by atoms with van der Waals surface area (Å²) in [7, 11) is 1.30. The minimum atomic E-state index is -0.525. The number of carbonyl (C=O) groups excluding carboxylic acids is 3. The first kappa shape index (κ1) is 22.3. The van der Waals surface area contributed by atoms with Gasteiger partial charge in [-0.1, -0.05) is 30.3 Å². The van der Waals surface area contributed by atoms with Gasteiger partial charge >= 0.3 is 5.97 Å². The maximum atomic E-state index is 12.7. The Morgan fingerprint density at radius 1 is 1.03 bits per heavy atom. The third kappa shape index (κ3) is 5.46. The molecule has 1 aromatic heterocycles. The number of methoxy groups -OCH3 is 1. The van der Waals surface area contributed by atoms with Crippen molar-refractivity contribution in [2.45, 2.75) is 38.6 Å². The third-order valence-corrected chi connectivity index (χ3v) is 5.63. The van der Waals surface area contributed by atoms with Gasteiger partial charge in [0.15, 0.2) is 5.69 Å². The monoisotopic (exact) mass is 446 g/mol. The van der Waals surface area contributed by atoms with Crippen LogP contribution < -0.4 is 10.6 Å². The number of anilines is 1. The fourth-order valence-corrected chi connectivity index (χ4v) is 4.02. The van der Waals surface area contributed by atoms with Gasteiger partial charge in [0.05, 0.1) is 19.1 Å². The van der Waals surface area contributed by atoms with E-state index in [9.17, 15) is 14.4 Å². The highest BCUT2D eigenvalue weighted by atomic mass is 16.5. The molecule has 8 heteroatoms. The second-order valence-electron chi connectivity index (χ2n) is 8.04. The minimum Gasteiger partial charge on any atom is -0.465 e. The molecule has 1 aliphatic rings. The van der Waals surface area contributed by atoms with E-state index in [1.165, 1.54) is 7.11 Å². The van der Waals surface area contributed by atoms with E-state index < -0.39 is 5.97 Å². The molecule has 0 unspecified atom stereocenters. The molecule has 3 aromatic rings. The van der Waals surface area contributed by atoms with Crippen molar-refractivity contribution in [2.75, 3.05) is 12.4 Å². The van der Waals surface area contributed by atoms with E-state index in [0.717, 1.165) is 42.5 Å². The number of rotatable bonds is 7. The number of carbonyl (C=O) groups is 3. The first-order chi connectivity index (χ1) is 16.0. The average molecular weight is 447 g/mol. The van der Waals surface area contributed by atoms with Gasteiger partial charge in [0.2, 0.25) is 5.91 Å². The molecular formula is C25H26N4O4. The van der Waals surface area contributed by atoms with Crippen LogP contribution in [0.25, 0.3) is 0 Å². The van der Waals surface area contributed by atoms with Crippen LogP contribution in [0.3, 0.4) is 0 Å². The summed E-state index contributed by atoms with van der Waals surface area (Å²) >= 11 is 0. The molecule has 0 radical (unpaired) electrons. The van der Waals surface area contributed by atoms with Gasteiger partial charge in [0.25, 0.3) is 5.91 Å². The number of nitrogens with one attached hydrogen (secondary N) is 3. The normalized spacial score (nSPS) is 12.5. The van der Waals surface area contributed by atoms with Crippen molar-refractivity contribution in [1.29, 1.82) is 0 Å². The third-order valence-electron chi connectivity index (χ3n) is 5.63. The second-order valence-corrected chi connectivity index (χ2v) is 8.04. The zero-order valence-corrected chi connectivity index (χ0v) is 18.4. The topological polar surface area (TPSA) is 113 Å². The number of aromatic amines is 1. The SMILES string of the molecule is COC(=O)c1cc(CNC(=O)c2n[nH]c3c2CCCC3)cc(NC(=O)Cc2ccccc2)c1. The van der Waals surface area contributed by atoms with Crippen LogP contribution in [0.15, 0.2) is 48.5 Å². The summed E-state index contributed by atoms with van der Waals surface area (Å²) in [5.74, 6) is -1.00. The molecule has 170 valence electrons. The molecule has 0 aliphatic heterocycles. The zero-order chi connectivity index (χ0) is 23.2. The summed E-state index contributed by atoms with van der Waals surface area (Å²) in [6.45, 7) is 0.173. The Morgan fingerprint density at radius 2 is 1.82 bits per heavy atom. The summed E-state index contributed by atoms with van der Waals surface area (Å²) in [5, 5.41) is 12.9. The van der Waals surface area contributed by atoms with Crippen molar-refractivity contribution < 1.29 is 19.1 Å². The number of aryl methyl sites for hydroxylation is 1. The van der Waals surface area contributed by atoms with E-state index in [2.05, 4.69) is 20.8 Å². The largest absolute Gasteiger partial charge is 0.465 e. The fourth-order valence-electron chi connectivity index (χ4n) is 4.02. The number of esters is 1. The Hall–Kier alpha value is -3.94. The molecule has 1 heterocycles. The molecule has 2 amide bonds. The van der Waals surface area contributed by atoms with Crippen LogP contribution in [0.2, 0.25) is 0 Å². The molecule has 3 N–H and O–H groups in total. The van der Waals surface area contributed by atoms with Gasteiger partial charge in [0, 0.05) is 23.5 Å². The second kappa shape index (κ2) is 10.1. The Bertz CT molecular complexity index is 1170. The Kier molecular flexibility index (Phi) is 6.83. The zero-order valence-electron chi connectivity index (χ0n) is 18.4. The van der Waals surface area contributed by atoms with Gasteiger partial charge in [-0.2, -0.15) is 5.10 Å². The summed E-state index contributed by atoms with van der Waals surface area (Å²) in [5.41, 5.74) is 4.72. The summed E-state index contributed by atoms with van der Waals surface area (Å²) in [4.78, 5) is 37.4. The van der Waals surface area contributed by atoms with Crippen molar-refractivity contribution in [3.63, 3.8) is 0 Å². The van der Waals surface area contributed by atoms with Crippen LogP contribution in [-0.4, -0.2) is 35.1 Å². The van der Waals surface area contributed by atoms with Gasteiger partial charge in [-0.25, -0.2) is 4.79 Å². The highest BCUT2D eigenvalue weighted by molar-refractivity contribution is 5.96. The molecule has 1 aliphatic carbocycles. The number of nitrogens with zero attached hydrogens (tertiary/aromatic N) is 1. The maximum Gasteiger partial charge on any atom is 0.337 e. The lowest BCUT2D eigenvalue weighted by Gasteiger charge is -2.12. The number of hydrogen-bond donors (Lipinski definition) is 3. The summed E-state index contributed by atoms with van der Waals surface area (Å²) < 4.78 is 4.84. The van der Waals surface area contributed by atoms with E-state index in [1.54, 1.807) is 18.2 Å². The highest BCUT2D eigenvalue weighted by Gasteiger charge is 2.21. The summed E-state index contributed by atoms with van der Waals surface area (Å²) in [6.07, 6.45) is 4.09. The van der Waals surface area contributed by atoms with Crippen molar-refractivity contribution in [1.82, 2.24) is 15.5 Å². The molecular weight excluding hydrogens is 420 g/mol. The van der Waals surface area contributed by atoms with Crippen molar-refractivity contribution in [2.24, 2.45) is 0 Å². The van der Waals surface area contributed by atoms with Crippen LogP contribution in [0.1, 0.15) is 56.1 Å². The van der Waals surface area contributed by atoms with E-state index in [4.69, 9.17) is 4.74 Å². The highest BCUT2D eigenvalue weighted by Crippen LogP contribution is 2.22. The quantitative estimate of drug-likeness (QED) is 0.483. The maximum absolute atomic E-state index is 12.7. The number of fused-ring (bicyclic) bond motifs is 1. The van der Waals surface area contributed by atoms with E-state index in [0.29, 0.717) is 16.9 Å². The van der Waals surface area contributed by atoms with Crippen molar-refractivity contribution in [3.05, 3.63) is 82.2 Å². The van der Waals surface area contributed by atoms with Crippen molar-refractivity contribution in [3.8, 4) is 0 Å². The lowest BCUT2D eigenvalue weighted by molar-refractivity contribution is -0.115. The van der Waals surface area contributed by atoms with Crippen LogP contribution in [0.4, 0.5) is 5.69 Å². The number of H-pyrrole nitrogens is 1. The molecule has 2 aromatic carbocycles. The summed E-state index contributed by atoms with van der Waals surface area (Å²) in [6, 6.07) is 14.3. The van der Waals surface area contributed by atoms with Gasteiger partial charge in [-0.3, -0.25) is 14.7 Å². The van der Waals surface area contributed by atoms with Crippen LogP contribution in [-0.2, 0) is 35.3 Å². The predicted molar refractivity (Wildman–Crippen MR) is 123 cm³/mol. The van der Waals surface area contributed by atoms with Gasteiger partial charge in [-0.05, 0) is 55.0 Å². The first-order valence-corrected chi connectivity index (χ1v) is 10.9. The molecule has 0 atom stereocenters. The molecule has 0 saturated carbocycles. The standard InChI is InChI=1S/C25H26N4O4/c1-33-25(32)18-11-17(12-19(14-18)27-22(30)13-16-7-3-2-4-8-16)15-26-24(31)23-20-9-5-6-10-21(20)28-29-23/h2-4,7-8,11-12,14H,5-6,9-10,13,15H2,1H3,(H,26,31)(H,27,30)(H,28,29). The van der Waals surface area contributed by atoms with E-state index in [-0.39, 0.29) is 30.3 Å². The van der Waals surface area contributed by atoms with Crippen LogP contribution in [0.5, 0.6) is 0 Å². The molecule has 0 saturated heterocycles. The Labute approximate surface area is 191 Å². The van der Waals surface area contributed by atoms with E-state index >= 15 is 0 Å². The fraction of sp³-hybridized carbons (Fsp3) is 0.280. The first-order valence-electron chi connectivity index (χ1n) is 10.9. The predicted octanol–water partition coefficient (Wildman–Crippen LogP) is 3.19. The number of aromatic nitrogens is 2. The molecule has 8 nitrogen and oxygen atoms in total. The van der Waals surface area contributed by atoms with Crippen LogP contribution >= 0.6 is 0 Å². The number of amides is 2. The molecule has 0 spiro atoms. The lowest BCUT2D eigenvalue weighted by Crippen LogP contribution is -2.25. The Morgan fingerprint density at radius 3 is 2.61 bits per heavy atom. The number of hydrogen-bond acceptors (Lipinski definition) is 5. The van der Waals surface area contributed by atoms with Crippen molar-refractivity contribution >= 4 is 23.5 Å². The molecule has 33 heavy (non-hydrogen) atoms. The Balaban J connectivity index is 1.47. The number of benzene rings is 2. The minimum absolute atomic E-state index is 0.173. The van der Waals surface area contributed by atoms with Crippen LogP contribution in [0, 0.1) is 0 Å². The van der Waals surface area contributed by atoms with Gasteiger partial charge in [-0.15, -0.1) is 0 Å². The molecule has 0 bridgehead atoms. The smallest absolute Gasteiger partial charge is 0.337 e. The van der Waals surface area contributed by atoms with E-state index in [1.807, 2.05) is 30.3 Å². The van der Waals surface area contributed by atoms with Gasteiger partial charge < -0.3 is 15.4 Å². The lowest BCUT2D eigenvalue weighted by atomic mass is 9.96.